The van der Waals surface area contributed by atoms with Crippen molar-refractivity contribution < 1.29 is 0 Å². The average molecular weight is 287 g/mol. The molecule has 1 aromatic heterocycles. The predicted molar refractivity (Wildman–Crippen MR) is 74.0 cm³/mol. The first-order valence-electron chi connectivity index (χ1n) is 5.20. The number of halogens is 2. The first-order valence-corrected chi connectivity index (χ1v) is 6.84. The number of thiazole rings is 1. The fourth-order valence-electron chi connectivity index (χ4n) is 1.47. The smallest absolute Gasteiger partial charge is 0.0974 e. The van der Waals surface area contributed by atoms with E-state index in [1.54, 1.807) is 11.3 Å². The molecule has 1 heterocycles. The van der Waals surface area contributed by atoms with Gasteiger partial charge in [0, 0.05) is 27.9 Å². The standard InChI is InChI=1S/C12H12Cl2N2S/c1-7(15)11-6-17-12(16-11)5-8-9(13)3-2-4-10(8)14/h2-4,6-7H,5,15H2,1H3. The van der Waals surface area contributed by atoms with Crippen molar-refractivity contribution in [2.75, 3.05) is 0 Å². The topological polar surface area (TPSA) is 38.9 Å². The largest absolute Gasteiger partial charge is 0.323 e. The second-order valence-electron chi connectivity index (χ2n) is 3.83. The van der Waals surface area contributed by atoms with Gasteiger partial charge in [0.15, 0.2) is 0 Å². The lowest BCUT2D eigenvalue weighted by Gasteiger charge is -2.04. The summed E-state index contributed by atoms with van der Waals surface area (Å²) < 4.78 is 0. The van der Waals surface area contributed by atoms with Gasteiger partial charge in [-0.25, -0.2) is 4.98 Å². The van der Waals surface area contributed by atoms with E-state index >= 15 is 0 Å². The molecule has 2 nitrogen and oxygen atoms in total. The number of hydrogen-bond donors (Lipinski definition) is 1. The summed E-state index contributed by atoms with van der Waals surface area (Å²) in [5.74, 6) is 0. The Balaban J connectivity index is 2.25. The van der Waals surface area contributed by atoms with Gasteiger partial charge in [-0.05, 0) is 24.6 Å². The molecule has 5 heteroatoms. The van der Waals surface area contributed by atoms with Crippen LogP contribution in [0.5, 0.6) is 0 Å². The second kappa shape index (κ2) is 5.36. The first-order chi connectivity index (χ1) is 8.08. The summed E-state index contributed by atoms with van der Waals surface area (Å²) in [7, 11) is 0. The van der Waals surface area contributed by atoms with Gasteiger partial charge in [0.1, 0.15) is 0 Å². The molecule has 1 aromatic carbocycles. The molecular formula is C12H12Cl2N2S. The van der Waals surface area contributed by atoms with Crippen LogP contribution in [0.4, 0.5) is 0 Å². The maximum atomic E-state index is 6.12. The number of benzene rings is 1. The zero-order valence-corrected chi connectivity index (χ0v) is 11.6. The van der Waals surface area contributed by atoms with Crippen LogP contribution in [-0.2, 0) is 6.42 Å². The van der Waals surface area contributed by atoms with Crippen molar-refractivity contribution in [1.29, 1.82) is 0 Å². The lowest BCUT2D eigenvalue weighted by atomic mass is 10.1. The molecule has 0 amide bonds. The summed E-state index contributed by atoms with van der Waals surface area (Å²) in [6.07, 6.45) is 0.649. The van der Waals surface area contributed by atoms with Crippen LogP contribution in [0.25, 0.3) is 0 Å². The summed E-state index contributed by atoms with van der Waals surface area (Å²) in [6, 6.07) is 5.47. The van der Waals surface area contributed by atoms with Gasteiger partial charge in [-0.2, -0.15) is 0 Å². The van der Waals surface area contributed by atoms with Gasteiger partial charge >= 0.3 is 0 Å². The summed E-state index contributed by atoms with van der Waals surface area (Å²) in [4.78, 5) is 4.46. The van der Waals surface area contributed by atoms with Crippen molar-refractivity contribution in [2.24, 2.45) is 5.73 Å². The zero-order valence-electron chi connectivity index (χ0n) is 9.28. The Morgan fingerprint density at radius 3 is 2.53 bits per heavy atom. The summed E-state index contributed by atoms with van der Waals surface area (Å²) in [5, 5.41) is 4.31. The highest BCUT2D eigenvalue weighted by atomic mass is 35.5. The summed E-state index contributed by atoms with van der Waals surface area (Å²) in [6.45, 7) is 1.92. The third-order valence-electron chi connectivity index (χ3n) is 2.43. The molecule has 0 radical (unpaired) electrons. The van der Waals surface area contributed by atoms with Crippen molar-refractivity contribution in [3.05, 3.63) is 49.9 Å². The maximum Gasteiger partial charge on any atom is 0.0974 e. The normalized spacial score (nSPS) is 12.7. The molecule has 0 aliphatic heterocycles. The Kier molecular flexibility index (Phi) is 4.05. The zero-order chi connectivity index (χ0) is 12.4. The van der Waals surface area contributed by atoms with Crippen molar-refractivity contribution in [3.8, 4) is 0 Å². The lowest BCUT2D eigenvalue weighted by molar-refractivity contribution is 0.784. The Hall–Kier alpha value is -0.610. The number of rotatable bonds is 3. The van der Waals surface area contributed by atoms with Crippen LogP contribution in [-0.4, -0.2) is 4.98 Å². The average Bonchev–Trinajstić information content (AvgIpc) is 2.72. The van der Waals surface area contributed by atoms with E-state index in [4.69, 9.17) is 28.9 Å². The number of aromatic nitrogens is 1. The van der Waals surface area contributed by atoms with Crippen LogP contribution in [0.1, 0.15) is 29.2 Å². The molecule has 0 saturated heterocycles. The minimum atomic E-state index is -0.0401. The number of nitrogens with two attached hydrogens (primary N) is 1. The Morgan fingerprint density at radius 1 is 1.35 bits per heavy atom. The van der Waals surface area contributed by atoms with Crippen molar-refractivity contribution >= 4 is 34.5 Å². The van der Waals surface area contributed by atoms with E-state index in [1.807, 2.05) is 30.5 Å². The van der Waals surface area contributed by atoms with Crippen LogP contribution in [0.2, 0.25) is 10.0 Å². The van der Waals surface area contributed by atoms with E-state index in [9.17, 15) is 0 Å². The van der Waals surface area contributed by atoms with Crippen LogP contribution in [0.15, 0.2) is 23.6 Å². The second-order valence-corrected chi connectivity index (χ2v) is 5.59. The Labute approximate surface area is 114 Å². The van der Waals surface area contributed by atoms with Gasteiger partial charge in [0.2, 0.25) is 0 Å². The van der Waals surface area contributed by atoms with E-state index in [0.717, 1.165) is 16.3 Å². The predicted octanol–water partition coefficient (Wildman–Crippen LogP) is 4.06. The molecule has 0 fully saturated rings. The molecule has 0 saturated carbocycles. The molecule has 1 atom stereocenters. The van der Waals surface area contributed by atoms with E-state index in [-0.39, 0.29) is 6.04 Å². The fourth-order valence-corrected chi connectivity index (χ4v) is 2.91. The monoisotopic (exact) mass is 286 g/mol. The summed E-state index contributed by atoms with van der Waals surface area (Å²) in [5.41, 5.74) is 7.60. The molecule has 2 N–H and O–H groups in total. The lowest BCUT2D eigenvalue weighted by Crippen LogP contribution is -2.05. The van der Waals surface area contributed by atoms with Crippen molar-refractivity contribution in [1.82, 2.24) is 4.98 Å². The third-order valence-corrected chi connectivity index (χ3v) is 4.00. The minimum Gasteiger partial charge on any atom is -0.323 e. The van der Waals surface area contributed by atoms with Crippen LogP contribution < -0.4 is 5.73 Å². The molecule has 90 valence electrons. The minimum absolute atomic E-state index is 0.0401. The van der Waals surface area contributed by atoms with Crippen molar-refractivity contribution in [2.45, 2.75) is 19.4 Å². The van der Waals surface area contributed by atoms with Gasteiger partial charge in [-0.3, -0.25) is 0 Å². The van der Waals surface area contributed by atoms with E-state index in [1.165, 1.54) is 0 Å². The third kappa shape index (κ3) is 2.99. The van der Waals surface area contributed by atoms with Gasteiger partial charge in [-0.1, -0.05) is 29.3 Å². The molecule has 2 rings (SSSR count). The fraction of sp³-hybridized carbons (Fsp3) is 0.250. The van der Waals surface area contributed by atoms with Gasteiger partial charge < -0.3 is 5.73 Å². The molecule has 1 unspecified atom stereocenters. The highest BCUT2D eigenvalue weighted by Crippen LogP contribution is 2.28. The summed E-state index contributed by atoms with van der Waals surface area (Å²) >= 11 is 13.8. The Bertz CT molecular complexity index is 503. The molecule has 0 aliphatic carbocycles. The van der Waals surface area contributed by atoms with Gasteiger partial charge in [-0.15, -0.1) is 11.3 Å². The van der Waals surface area contributed by atoms with E-state index < -0.39 is 0 Å². The van der Waals surface area contributed by atoms with Crippen LogP contribution in [0.3, 0.4) is 0 Å². The van der Waals surface area contributed by atoms with Crippen molar-refractivity contribution in [3.63, 3.8) is 0 Å². The molecule has 17 heavy (non-hydrogen) atoms. The quantitative estimate of drug-likeness (QED) is 0.924. The molecule has 2 aromatic rings. The number of nitrogens with zero attached hydrogens (tertiary/aromatic N) is 1. The highest BCUT2D eigenvalue weighted by Gasteiger charge is 2.10. The number of hydrogen-bond acceptors (Lipinski definition) is 3. The SMILES string of the molecule is CC(N)c1csc(Cc2c(Cl)cccc2Cl)n1. The first kappa shape index (κ1) is 12.8. The van der Waals surface area contributed by atoms with Gasteiger partial charge in [0.25, 0.3) is 0 Å². The van der Waals surface area contributed by atoms with Gasteiger partial charge in [0.05, 0.1) is 10.7 Å². The molecule has 0 bridgehead atoms. The van der Waals surface area contributed by atoms with E-state index in [2.05, 4.69) is 4.98 Å². The molecular weight excluding hydrogens is 275 g/mol. The van der Waals surface area contributed by atoms with E-state index in [0.29, 0.717) is 16.5 Å². The highest BCUT2D eigenvalue weighted by molar-refractivity contribution is 7.09. The molecule has 0 aliphatic rings. The molecule has 0 spiro atoms. The van der Waals surface area contributed by atoms with Crippen LogP contribution >= 0.6 is 34.5 Å². The Morgan fingerprint density at radius 2 is 2.00 bits per heavy atom. The van der Waals surface area contributed by atoms with Crippen LogP contribution in [0, 0.1) is 0 Å². The maximum absolute atomic E-state index is 6.12.